The Morgan fingerprint density at radius 1 is 1.08 bits per heavy atom. The molecule has 0 radical (unpaired) electrons. The maximum absolute atomic E-state index is 13.2. The Morgan fingerprint density at radius 3 is 2.42 bits per heavy atom. The predicted molar refractivity (Wildman–Crippen MR) is 96.1 cm³/mol. The number of carbonyl (C=O) groups excluding carboxylic acids is 1. The third-order valence-electron chi connectivity index (χ3n) is 4.74. The van der Waals surface area contributed by atoms with E-state index < -0.39 is 11.6 Å². The first-order valence-electron chi connectivity index (χ1n) is 8.96. The van der Waals surface area contributed by atoms with E-state index in [4.69, 9.17) is 4.74 Å². The highest BCUT2D eigenvalue weighted by Crippen LogP contribution is 2.21. The molecular weight excluding hydrogens is 336 g/mol. The van der Waals surface area contributed by atoms with Crippen LogP contribution in [0, 0.1) is 18.6 Å². The summed E-state index contributed by atoms with van der Waals surface area (Å²) < 4.78 is 31.9. The second-order valence-electron chi connectivity index (χ2n) is 6.76. The lowest BCUT2D eigenvalue weighted by Crippen LogP contribution is -2.41. The van der Waals surface area contributed by atoms with Crippen molar-refractivity contribution < 1.29 is 18.3 Å². The standard InChI is InChI=1S/C21H23F2NO2/c1-15-2-4-16(5-3-15)6-9-21(25)24-12-10-17(11-13-24)26-18-7-8-19(22)20(23)14-18/h2-5,7-8,14,17H,6,9-13H2,1H3. The Bertz CT molecular complexity index is 753. The summed E-state index contributed by atoms with van der Waals surface area (Å²) in [5.41, 5.74) is 2.38. The van der Waals surface area contributed by atoms with Gasteiger partial charge < -0.3 is 9.64 Å². The Labute approximate surface area is 152 Å². The third kappa shape index (κ3) is 4.81. The number of likely N-dealkylation sites (tertiary alicyclic amines) is 1. The molecule has 2 aromatic carbocycles. The van der Waals surface area contributed by atoms with Gasteiger partial charge in [-0.2, -0.15) is 0 Å². The van der Waals surface area contributed by atoms with Gasteiger partial charge in [-0.3, -0.25) is 4.79 Å². The maximum Gasteiger partial charge on any atom is 0.222 e. The molecule has 138 valence electrons. The lowest BCUT2D eigenvalue weighted by atomic mass is 10.0. The first-order chi connectivity index (χ1) is 12.5. The van der Waals surface area contributed by atoms with Crippen LogP contribution in [0.25, 0.3) is 0 Å². The van der Waals surface area contributed by atoms with Crippen LogP contribution in [0.3, 0.4) is 0 Å². The van der Waals surface area contributed by atoms with E-state index in [1.54, 1.807) is 0 Å². The van der Waals surface area contributed by atoms with Gasteiger partial charge in [-0.1, -0.05) is 29.8 Å². The summed E-state index contributed by atoms with van der Waals surface area (Å²) >= 11 is 0. The van der Waals surface area contributed by atoms with Crippen molar-refractivity contribution in [3.63, 3.8) is 0 Å². The summed E-state index contributed by atoms with van der Waals surface area (Å²) in [4.78, 5) is 14.2. The van der Waals surface area contributed by atoms with E-state index in [1.807, 2.05) is 11.8 Å². The van der Waals surface area contributed by atoms with Crippen molar-refractivity contribution in [2.45, 2.75) is 38.7 Å². The van der Waals surface area contributed by atoms with Crippen molar-refractivity contribution in [2.24, 2.45) is 0 Å². The van der Waals surface area contributed by atoms with Crippen LogP contribution in [0.5, 0.6) is 5.75 Å². The lowest BCUT2D eigenvalue weighted by Gasteiger charge is -2.32. The van der Waals surface area contributed by atoms with Crippen LogP contribution in [0.1, 0.15) is 30.4 Å². The van der Waals surface area contributed by atoms with Crippen molar-refractivity contribution in [1.82, 2.24) is 4.90 Å². The Balaban J connectivity index is 1.44. The first kappa shape index (κ1) is 18.4. The summed E-state index contributed by atoms with van der Waals surface area (Å²) in [5.74, 6) is -1.32. The van der Waals surface area contributed by atoms with E-state index in [-0.39, 0.29) is 12.0 Å². The lowest BCUT2D eigenvalue weighted by molar-refractivity contribution is -0.132. The molecule has 0 unspecified atom stereocenters. The molecule has 0 bridgehead atoms. The van der Waals surface area contributed by atoms with Gasteiger partial charge >= 0.3 is 0 Å². The molecule has 0 aromatic heterocycles. The molecule has 1 heterocycles. The van der Waals surface area contributed by atoms with Crippen molar-refractivity contribution in [2.75, 3.05) is 13.1 Å². The number of amides is 1. The van der Waals surface area contributed by atoms with Gasteiger partial charge in [-0.25, -0.2) is 8.78 Å². The topological polar surface area (TPSA) is 29.5 Å². The maximum atomic E-state index is 13.2. The molecule has 1 saturated heterocycles. The minimum Gasteiger partial charge on any atom is -0.490 e. The predicted octanol–water partition coefficient (Wildman–Crippen LogP) is 4.28. The highest BCUT2D eigenvalue weighted by atomic mass is 19.2. The summed E-state index contributed by atoms with van der Waals surface area (Å²) in [6.45, 7) is 3.30. The number of benzene rings is 2. The molecule has 1 amide bonds. The van der Waals surface area contributed by atoms with Gasteiger partial charge in [-0.05, 0) is 31.0 Å². The molecule has 0 spiro atoms. The SMILES string of the molecule is Cc1ccc(CCC(=O)N2CCC(Oc3ccc(F)c(F)c3)CC2)cc1. The minimum absolute atomic E-state index is 0.0824. The number of hydrogen-bond donors (Lipinski definition) is 0. The summed E-state index contributed by atoms with van der Waals surface area (Å²) in [5, 5.41) is 0. The van der Waals surface area contributed by atoms with Crippen LogP contribution >= 0.6 is 0 Å². The average Bonchev–Trinajstić information content (AvgIpc) is 2.65. The van der Waals surface area contributed by atoms with Crippen molar-refractivity contribution in [3.05, 3.63) is 65.2 Å². The summed E-state index contributed by atoms with van der Waals surface area (Å²) in [6.07, 6.45) is 2.54. The Hall–Kier alpha value is -2.43. The molecule has 0 N–H and O–H groups in total. The molecule has 2 aromatic rings. The van der Waals surface area contributed by atoms with E-state index in [1.165, 1.54) is 17.2 Å². The molecule has 0 atom stereocenters. The van der Waals surface area contributed by atoms with Crippen molar-refractivity contribution in [3.8, 4) is 5.75 Å². The zero-order chi connectivity index (χ0) is 18.5. The molecule has 0 saturated carbocycles. The number of carbonyl (C=O) groups is 1. The first-order valence-corrected chi connectivity index (χ1v) is 8.96. The molecule has 3 nitrogen and oxygen atoms in total. The van der Waals surface area contributed by atoms with Gasteiger partial charge in [0.1, 0.15) is 11.9 Å². The fourth-order valence-corrected chi connectivity index (χ4v) is 3.13. The Kier molecular flexibility index (Phi) is 5.86. The van der Waals surface area contributed by atoms with E-state index in [0.717, 1.165) is 18.6 Å². The number of piperidine rings is 1. The van der Waals surface area contributed by atoms with Crippen LogP contribution in [0.15, 0.2) is 42.5 Å². The minimum atomic E-state index is -0.911. The number of nitrogens with zero attached hydrogens (tertiary/aromatic N) is 1. The van der Waals surface area contributed by atoms with Gasteiger partial charge in [0, 0.05) is 38.4 Å². The van der Waals surface area contributed by atoms with Crippen LogP contribution in [-0.4, -0.2) is 30.0 Å². The van der Waals surface area contributed by atoms with E-state index in [0.29, 0.717) is 38.1 Å². The molecule has 5 heteroatoms. The molecule has 1 fully saturated rings. The number of rotatable bonds is 5. The van der Waals surface area contributed by atoms with E-state index in [9.17, 15) is 13.6 Å². The second kappa shape index (κ2) is 8.30. The van der Waals surface area contributed by atoms with Crippen molar-refractivity contribution >= 4 is 5.91 Å². The Morgan fingerprint density at radius 2 is 1.77 bits per heavy atom. The van der Waals surface area contributed by atoms with Crippen LogP contribution in [-0.2, 0) is 11.2 Å². The molecule has 1 aliphatic rings. The monoisotopic (exact) mass is 359 g/mol. The molecular formula is C21H23F2NO2. The number of ether oxygens (including phenoxy) is 1. The van der Waals surface area contributed by atoms with Gasteiger partial charge in [0.15, 0.2) is 11.6 Å². The van der Waals surface area contributed by atoms with Crippen LogP contribution < -0.4 is 4.74 Å². The zero-order valence-electron chi connectivity index (χ0n) is 14.9. The van der Waals surface area contributed by atoms with E-state index in [2.05, 4.69) is 24.3 Å². The van der Waals surface area contributed by atoms with Crippen LogP contribution in [0.2, 0.25) is 0 Å². The molecule has 0 aliphatic carbocycles. The van der Waals surface area contributed by atoms with Crippen molar-refractivity contribution in [1.29, 1.82) is 0 Å². The zero-order valence-corrected chi connectivity index (χ0v) is 14.9. The quantitative estimate of drug-likeness (QED) is 0.798. The number of aryl methyl sites for hydroxylation is 2. The fraction of sp³-hybridized carbons (Fsp3) is 0.381. The average molecular weight is 359 g/mol. The fourth-order valence-electron chi connectivity index (χ4n) is 3.13. The normalized spacial score (nSPS) is 15.1. The number of halogens is 2. The highest BCUT2D eigenvalue weighted by molar-refractivity contribution is 5.76. The smallest absolute Gasteiger partial charge is 0.222 e. The van der Waals surface area contributed by atoms with Gasteiger partial charge in [-0.15, -0.1) is 0 Å². The van der Waals surface area contributed by atoms with E-state index >= 15 is 0 Å². The van der Waals surface area contributed by atoms with Gasteiger partial charge in [0.2, 0.25) is 5.91 Å². The van der Waals surface area contributed by atoms with Gasteiger partial charge in [0.05, 0.1) is 0 Å². The molecule has 3 rings (SSSR count). The van der Waals surface area contributed by atoms with Gasteiger partial charge in [0.25, 0.3) is 0 Å². The molecule has 26 heavy (non-hydrogen) atoms. The third-order valence-corrected chi connectivity index (χ3v) is 4.74. The summed E-state index contributed by atoms with van der Waals surface area (Å²) in [6, 6.07) is 11.8. The largest absolute Gasteiger partial charge is 0.490 e. The second-order valence-corrected chi connectivity index (χ2v) is 6.76. The number of hydrogen-bond acceptors (Lipinski definition) is 2. The highest BCUT2D eigenvalue weighted by Gasteiger charge is 2.24. The van der Waals surface area contributed by atoms with Crippen LogP contribution in [0.4, 0.5) is 8.78 Å². The molecule has 1 aliphatic heterocycles. The summed E-state index contributed by atoms with van der Waals surface area (Å²) in [7, 11) is 0.